The van der Waals surface area contributed by atoms with Crippen LogP contribution in [-0.4, -0.2) is 37.8 Å². The Balaban J connectivity index is 1.63. The first-order chi connectivity index (χ1) is 11.3. The first kappa shape index (κ1) is 15.5. The van der Waals surface area contributed by atoms with E-state index in [1.807, 2.05) is 4.52 Å². The van der Waals surface area contributed by atoms with E-state index >= 15 is 0 Å². The van der Waals surface area contributed by atoms with E-state index in [0.29, 0.717) is 0 Å². The van der Waals surface area contributed by atoms with Gasteiger partial charge < -0.3 is 0 Å². The Kier molecular flexibility index (Phi) is 4.59. The molecule has 0 aliphatic carbocycles. The summed E-state index contributed by atoms with van der Waals surface area (Å²) in [5.41, 5.74) is 1.17. The van der Waals surface area contributed by atoms with Crippen LogP contribution in [0.4, 0.5) is 0 Å². The van der Waals surface area contributed by atoms with Gasteiger partial charge in [0.05, 0.1) is 6.54 Å². The number of halogens is 1. The Morgan fingerprint density at radius 2 is 1.83 bits per heavy atom. The van der Waals surface area contributed by atoms with Crippen LogP contribution in [-0.2, 0) is 6.54 Å². The lowest BCUT2D eigenvalue weighted by Crippen LogP contribution is -2.25. The first-order valence-electron chi connectivity index (χ1n) is 7.99. The standard InChI is InChI=1S/C16H18IN5S/c17-13-8-4-3-7-12(13)15-20-22-14(18-19-16(22)23-15)11-21-9-5-1-2-6-10-21/h3-4,7-8H,1-2,5-6,9-11H2. The van der Waals surface area contributed by atoms with Gasteiger partial charge in [0.2, 0.25) is 4.96 Å². The molecule has 1 fully saturated rings. The highest BCUT2D eigenvalue weighted by atomic mass is 127. The van der Waals surface area contributed by atoms with Gasteiger partial charge in [-0.3, -0.25) is 4.90 Å². The fourth-order valence-electron chi connectivity index (χ4n) is 2.99. The van der Waals surface area contributed by atoms with E-state index in [1.54, 1.807) is 11.3 Å². The lowest BCUT2D eigenvalue weighted by molar-refractivity contribution is 0.268. The summed E-state index contributed by atoms with van der Waals surface area (Å²) in [6, 6.07) is 8.33. The van der Waals surface area contributed by atoms with E-state index in [4.69, 9.17) is 5.10 Å². The Bertz CT molecular complexity index is 804. The minimum absolute atomic E-state index is 0.843. The zero-order chi connectivity index (χ0) is 15.6. The topological polar surface area (TPSA) is 46.3 Å². The Morgan fingerprint density at radius 3 is 2.61 bits per heavy atom. The van der Waals surface area contributed by atoms with Crippen LogP contribution < -0.4 is 0 Å². The van der Waals surface area contributed by atoms with Gasteiger partial charge in [-0.15, -0.1) is 10.2 Å². The minimum atomic E-state index is 0.843. The third-order valence-corrected chi connectivity index (χ3v) is 6.10. The monoisotopic (exact) mass is 439 g/mol. The van der Waals surface area contributed by atoms with Crippen molar-refractivity contribution in [2.75, 3.05) is 13.1 Å². The zero-order valence-corrected chi connectivity index (χ0v) is 15.8. The molecule has 4 rings (SSSR count). The summed E-state index contributed by atoms with van der Waals surface area (Å²) in [5.74, 6) is 0.954. The van der Waals surface area contributed by atoms with Gasteiger partial charge in [0, 0.05) is 9.13 Å². The van der Waals surface area contributed by atoms with Crippen LogP contribution in [0.15, 0.2) is 24.3 Å². The molecule has 0 atom stereocenters. The van der Waals surface area contributed by atoms with Crippen molar-refractivity contribution in [1.82, 2.24) is 24.7 Å². The molecule has 0 radical (unpaired) electrons. The highest BCUT2D eigenvalue weighted by Gasteiger charge is 2.17. The average molecular weight is 439 g/mol. The lowest BCUT2D eigenvalue weighted by Gasteiger charge is -2.17. The molecule has 2 aromatic heterocycles. The van der Waals surface area contributed by atoms with Gasteiger partial charge in [-0.25, -0.2) is 0 Å². The fourth-order valence-corrected chi connectivity index (χ4v) is 4.72. The van der Waals surface area contributed by atoms with Crippen LogP contribution in [0.2, 0.25) is 0 Å². The van der Waals surface area contributed by atoms with E-state index in [-0.39, 0.29) is 0 Å². The molecule has 1 aromatic carbocycles. The van der Waals surface area contributed by atoms with Crippen LogP contribution in [0, 0.1) is 3.57 Å². The molecule has 0 saturated carbocycles. The summed E-state index contributed by atoms with van der Waals surface area (Å²) < 4.78 is 3.14. The van der Waals surface area contributed by atoms with Crippen molar-refractivity contribution in [1.29, 1.82) is 0 Å². The summed E-state index contributed by atoms with van der Waals surface area (Å²) in [7, 11) is 0. The Hall–Kier alpha value is -1.06. The Labute approximate surface area is 152 Å². The van der Waals surface area contributed by atoms with Gasteiger partial charge >= 0.3 is 0 Å². The van der Waals surface area contributed by atoms with Gasteiger partial charge in [0.15, 0.2) is 5.82 Å². The van der Waals surface area contributed by atoms with Crippen molar-refractivity contribution >= 4 is 38.9 Å². The highest BCUT2D eigenvalue weighted by Crippen LogP contribution is 2.29. The van der Waals surface area contributed by atoms with Crippen molar-refractivity contribution < 1.29 is 0 Å². The summed E-state index contributed by atoms with van der Waals surface area (Å²) >= 11 is 3.96. The maximum Gasteiger partial charge on any atom is 0.235 e. The van der Waals surface area contributed by atoms with Crippen LogP contribution in [0.3, 0.4) is 0 Å². The predicted molar refractivity (Wildman–Crippen MR) is 101 cm³/mol. The molecule has 1 aliphatic rings. The van der Waals surface area contributed by atoms with Gasteiger partial charge in [-0.2, -0.15) is 9.61 Å². The molecule has 3 heterocycles. The highest BCUT2D eigenvalue weighted by molar-refractivity contribution is 14.1. The van der Waals surface area contributed by atoms with E-state index < -0.39 is 0 Å². The van der Waals surface area contributed by atoms with Crippen molar-refractivity contribution in [3.8, 4) is 10.6 Å². The van der Waals surface area contributed by atoms with Gasteiger partial charge in [0.1, 0.15) is 5.01 Å². The van der Waals surface area contributed by atoms with Crippen LogP contribution in [0.25, 0.3) is 15.5 Å². The van der Waals surface area contributed by atoms with Gasteiger partial charge in [-0.05, 0) is 54.6 Å². The number of hydrogen-bond acceptors (Lipinski definition) is 5. The zero-order valence-electron chi connectivity index (χ0n) is 12.8. The second-order valence-corrected chi connectivity index (χ2v) is 8.01. The summed E-state index contributed by atoms with van der Waals surface area (Å²) in [5, 5.41) is 14.5. The van der Waals surface area contributed by atoms with Crippen molar-refractivity contribution in [2.24, 2.45) is 0 Å². The molecule has 0 N–H and O–H groups in total. The molecule has 5 nitrogen and oxygen atoms in total. The molecular formula is C16H18IN5S. The lowest BCUT2D eigenvalue weighted by atomic mass is 10.2. The largest absolute Gasteiger partial charge is 0.296 e. The van der Waals surface area contributed by atoms with Crippen LogP contribution in [0.5, 0.6) is 0 Å². The third-order valence-electron chi connectivity index (χ3n) is 4.22. The second kappa shape index (κ2) is 6.82. The van der Waals surface area contributed by atoms with E-state index in [2.05, 4.69) is 62.0 Å². The minimum Gasteiger partial charge on any atom is -0.296 e. The SMILES string of the molecule is Ic1ccccc1-c1nn2c(CN3CCCCCC3)nnc2s1. The molecule has 120 valence electrons. The molecule has 0 amide bonds. The van der Waals surface area contributed by atoms with Crippen molar-refractivity contribution in [3.05, 3.63) is 33.7 Å². The molecule has 0 spiro atoms. The summed E-state index contributed by atoms with van der Waals surface area (Å²) in [6.45, 7) is 3.15. The Morgan fingerprint density at radius 1 is 1.04 bits per heavy atom. The number of nitrogens with zero attached hydrogens (tertiary/aromatic N) is 5. The molecular weight excluding hydrogens is 421 g/mol. The molecule has 1 aliphatic heterocycles. The normalized spacial score (nSPS) is 16.7. The second-order valence-electron chi connectivity index (χ2n) is 5.89. The van der Waals surface area contributed by atoms with Crippen molar-refractivity contribution in [3.63, 3.8) is 0 Å². The van der Waals surface area contributed by atoms with E-state index in [9.17, 15) is 0 Å². The maximum atomic E-state index is 4.77. The average Bonchev–Trinajstić information content (AvgIpc) is 3.02. The molecule has 23 heavy (non-hydrogen) atoms. The smallest absolute Gasteiger partial charge is 0.235 e. The molecule has 7 heteroatoms. The van der Waals surface area contributed by atoms with Crippen molar-refractivity contribution in [2.45, 2.75) is 32.2 Å². The molecule has 0 unspecified atom stereocenters. The van der Waals surface area contributed by atoms with E-state index in [0.717, 1.165) is 35.4 Å². The number of hydrogen-bond donors (Lipinski definition) is 0. The fraction of sp³-hybridized carbons (Fsp3) is 0.438. The number of likely N-dealkylation sites (tertiary alicyclic amines) is 1. The molecule has 3 aromatic rings. The first-order valence-corrected chi connectivity index (χ1v) is 9.89. The number of aromatic nitrogens is 4. The molecule has 0 bridgehead atoms. The quantitative estimate of drug-likeness (QED) is 0.582. The number of rotatable bonds is 3. The van der Waals surface area contributed by atoms with Gasteiger partial charge in [-0.1, -0.05) is 42.4 Å². The third kappa shape index (κ3) is 3.27. The predicted octanol–water partition coefficient (Wildman–Crippen LogP) is 3.83. The molecule has 1 saturated heterocycles. The summed E-state index contributed by atoms with van der Waals surface area (Å²) in [6.07, 6.45) is 5.26. The van der Waals surface area contributed by atoms with E-state index in [1.165, 1.54) is 34.8 Å². The number of fused-ring (bicyclic) bond motifs is 1. The number of benzene rings is 1. The van der Waals surface area contributed by atoms with Gasteiger partial charge in [0.25, 0.3) is 0 Å². The van der Waals surface area contributed by atoms with Crippen LogP contribution in [0.1, 0.15) is 31.5 Å². The summed E-state index contributed by atoms with van der Waals surface area (Å²) in [4.78, 5) is 3.36. The van der Waals surface area contributed by atoms with Crippen LogP contribution >= 0.6 is 33.9 Å². The maximum absolute atomic E-state index is 4.77.